The second-order valence-electron chi connectivity index (χ2n) is 7.54. The van der Waals surface area contributed by atoms with Crippen molar-refractivity contribution < 1.29 is 4.74 Å². The maximum absolute atomic E-state index is 9.41. The fourth-order valence-corrected chi connectivity index (χ4v) is 3.29. The quantitative estimate of drug-likeness (QED) is 0.763. The van der Waals surface area contributed by atoms with Crippen molar-refractivity contribution in [2.45, 2.75) is 60.0 Å². The third-order valence-corrected chi connectivity index (χ3v) is 4.79. The van der Waals surface area contributed by atoms with Gasteiger partial charge in [-0.2, -0.15) is 5.26 Å². The van der Waals surface area contributed by atoms with Gasteiger partial charge in [0.2, 0.25) is 0 Å². The van der Waals surface area contributed by atoms with Crippen LogP contribution in [-0.2, 0) is 0 Å². The molecule has 1 aliphatic carbocycles. The lowest BCUT2D eigenvalue weighted by atomic mass is 9.69. The zero-order chi connectivity index (χ0) is 15.6. The molecular weight excluding hydrogens is 258 g/mol. The summed E-state index contributed by atoms with van der Waals surface area (Å²) in [5.41, 5.74) is 2.68. The number of nitriles is 1. The molecule has 0 spiro atoms. The maximum Gasteiger partial charge on any atom is 0.122 e. The molecule has 3 unspecified atom stereocenters. The molecule has 1 saturated carbocycles. The molecule has 0 heterocycles. The van der Waals surface area contributed by atoms with Gasteiger partial charge in [-0.15, -0.1) is 0 Å². The highest BCUT2D eigenvalue weighted by Crippen LogP contribution is 2.41. The molecule has 2 rings (SSSR count). The molecule has 0 saturated heterocycles. The number of hydrogen-bond donors (Lipinski definition) is 0. The van der Waals surface area contributed by atoms with Crippen molar-refractivity contribution in [2.75, 3.05) is 0 Å². The minimum absolute atomic E-state index is 0.0179. The Hall–Kier alpha value is -1.49. The molecule has 1 aromatic carbocycles. The number of nitrogens with zero attached hydrogens (tertiary/aromatic N) is 1. The molecule has 2 nitrogen and oxygen atoms in total. The first-order valence-corrected chi connectivity index (χ1v) is 7.95. The number of ether oxygens (including phenoxy) is 1. The zero-order valence-electron chi connectivity index (χ0n) is 13.9. The van der Waals surface area contributed by atoms with Crippen LogP contribution in [-0.4, -0.2) is 6.10 Å². The van der Waals surface area contributed by atoms with Crippen molar-refractivity contribution in [1.29, 1.82) is 5.26 Å². The summed E-state index contributed by atoms with van der Waals surface area (Å²) in [6.07, 6.45) is 3.09. The molecule has 2 heteroatoms. The molecule has 3 atom stereocenters. The van der Waals surface area contributed by atoms with Gasteiger partial charge < -0.3 is 4.74 Å². The summed E-state index contributed by atoms with van der Waals surface area (Å²) in [6.45, 7) is 11.0. The van der Waals surface area contributed by atoms with Gasteiger partial charge in [-0.05, 0) is 56.1 Å². The van der Waals surface area contributed by atoms with Crippen LogP contribution in [0.1, 0.15) is 51.2 Å². The Morgan fingerprint density at radius 3 is 2.48 bits per heavy atom. The van der Waals surface area contributed by atoms with E-state index in [4.69, 9.17) is 4.74 Å². The Morgan fingerprint density at radius 2 is 1.90 bits per heavy atom. The number of aryl methyl sites for hydroxylation is 2. The number of rotatable bonds is 2. The standard InChI is InChI=1S/C19H27NO/c1-13-6-9-17(14(2)10-13)21-18-11-16(19(3,4)5)8-7-15(18)12-20/h6,9-10,15-16,18H,7-8,11H2,1-5H3. The third-order valence-electron chi connectivity index (χ3n) is 4.79. The van der Waals surface area contributed by atoms with Crippen molar-refractivity contribution in [3.63, 3.8) is 0 Å². The van der Waals surface area contributed by atoms with Crippen LogP contribution in [0.5, 0.6) is 5.75 Å². The molecular formula is C19H27NO. The van der Waals surface area contributed by atoms with Gasteiger partial charge in [0, 0.05) is 0 Å². The van der Waals surface area contributed by atoms with E-state index in [2.05, 4.69) is 52.8 Å². The van der Waals surface area contributed by atoms with Crippen molar-refractivity contribution in [2.24, 2.45) is 17.3 Å². The van der Waals surface area contributed by atoms with Gasteiger partial charge in [-0.3, -0.25) is 0 Å². The smallest absolute Gasteiger partial charge is 0.122 e. The lowest BCUT2D eigenvalue weighted by Crippen LogP contribution is -2.38. The SMILES string of the molecule is Cc1ccc(OC2CC(C(C)(C)C)CCC2C#N)c(C)c1. The van der Waals surface area contributed by atoms with E-state index in [-0.39, 0.29) is 17.4 Å². The van der Waals surface area contributed by atoms with Gasteiger partial charge in [-0.1, -0.05) is 38.5 Å². The van der Waals surface area contributed by atoms with Crippen LogP contribution in [0.2, 0.25) is 0 Å². The molecule has 1 fully saturated rings. The minimum Gasteiger partial charge on any atom is -0.489 e. The summed E-state index contributed by atoms with van der Waals surface area (Å²) in [7, 11) is 0. The lowest BCUT2D eigenvalue weighted by Gasteiger charge is -2.39. The van der Waals surface area contributed by atoms with E-state index in [0.29, 0.717) is 5.92 Å². The van der Waals surface area contributed by atoms with E-state index in [9.17, 15) is 5.26 Å². The molecule has 1 aromatic rings. The summed E-state index contributed by atoms with van der Waals surface area (Å²) in [5, 5.41) is 9.41. The van der Waals surface area contributed by atoms with Gasteiger partial charge in [0.1, 0.15) is 11.9 Å². The zero-order valence-corrected chi connectivity index (χ0v) is 13.9. The highest BCUT2D eigenvalue weighted by Gasteiger charge is 2.37. The second kappa shape index (κ2) is 6.10. The molecule has 0 bridgehead atoms. The fourth-order valence-electron chi connectivity index (χ4n) is 3.29. The number of hydrogen-bond acceptors (Lipinski definition) is 2. The minimum atomic E-state index is 0.0179. The first kappa shape index (κ1) is 15.9. The van der Waals surface area contributed by atoms with Crippen molar-refractivity contribution in [3.8, 4) is 11.8 Å². The Bertz CT molecular complexity index is 535. The summed E-state index contributed by atoms with van der Waals surface area (Å²) in [6, 6.07) is 8.71. The van der Waals surface area contributed by atoms with Crippen LogP contribution in [0.3, 0.4) is 0 Å². The van der Waals surface area contributed by atoms with Gasteiger partial charge in [0.15, 0.2) is 0 Å². The van der Waals surface area contributed by atoms with Crippen LogP contribution in [0.15, 0.2) is 18.2 Å². The van der Waals surface area contributed by atoms with Gasteiger partial charge in [0.05, 0.1) is 12.0 Å². The van der Waals surface area contributed by atoms with E-state index >= 15 is 0 Å². The van der Waals surface area contributed by atoms with E-state index in [0.717, 1.165) is 30.6 Å². The highest BCUT2D eigenvalue weighted by atomic mass is 16.5. The molecule has 21 heavy (non-hydrogen) atoms. The molecule has 0 aromatic heterocycles. The topological polar surface area (TPSA) is 33.0 Å². The highest BCUT2D eigenvalue weighted by molar-refractivity contribution is 5.36. The summed E-state index contributed by atoms with van der Waals surface area (Å²) in [5.74, 6) is 1.57. The second-order valence-corrected chi connectivity index (χ2v) is 7.54. The third kappa shape index (κ3) is 3.79. The monoisotopic (exact) mass is 285 g/mol. The molecule has 1 aliphatic rings. The Labute approximate surface area is 129 Å². The molecule has 0 amide bonds. The van der Waals surface area contributed by atoms with Crippen LogP contribution in [0, 0.1) is 42.4 Å². The Balaban J connectivity index is 2.16. The molecule has 114 valence electrons. The van der Waals surface area contributed by atoms with E-state index in [1.165, 1.54) is 5.56 Å². The van der Waals surface area contributed by atoms with Gasteiger partial charge >= 0.3 is 0 Å². The van der Waals surface area contributed by atoms with E-state index in [1.807, 2.05) is 6.07 Å². The van der Waals surface area contributed by atoms with Gasteiger partial charge in [0.25, 0.3) is 0 Å². The van der Waals surface area contributed by atoms with E-state index < -0.39 is 0 Å². The normalized spacial score (nSPS) is 26.2. The molecule has 0 aliphatic heterocycles. The van der Waals surface area contributed by atoms with Crippen LogP contribution in [0.25, 0.3) is 0 Å². The van der Waals surface area contributed by atoms with Crippen LogP contribution in [0.4, 0.5) is 0 Å². The Kier molecular flexibility index (Phi) is 4.61. The van der Waals surface area contributed by atoms with Gasteiger partial charge in [-0.25, -0.2) is 0 Å². The predicted molar refractivity (Wildman–Crippen MR) is 86.2 cm³/mol. The molecule has 0 N–H and O–H groups in total. The average Bonchev–Trinajstić information content (AvgIpc) is 2.41. The van der Waals surface area contributed by atoms with E-state index in [1.54, 1.807) is 0 Å². The maximum atomic E-state index is 9.41. The Morgan fingerprint density at radius 1 is 1.19 bits per heavy atom. The predicted octanol–water partition coefficient (Wildman–Crippen LogP) is 5.04. The summed E-state index contributed by atoms with van der Waals surface area (Å²) < 4.78 is 6.25. The summed E-state index contributed by atoms with van der Waals surface area (Å²) in [4.78, 5) is 0. The van der Waals surface area contributed by atoms with Crippen molar-refractivity contribution >= 4 is 0 Å². The lowest BCUT2D eigenvalue weighted by molar-refractivity contribution is 0.0489. The van der Waals surface area contributed by atoms with Crippen molar-refractivity contribution in [3.05, 3.63) is 29.3 Å². The summed E-state index contributed by atoms with van der Waals surface area (Å²) >= 11 is 0. The number of benzene rings is 1. The van der Waals surface area contributed by atoms with Crippen LogP contribution < -0.4 is 4.74 Å². The largest absolute Gasteiger partial charge is 0.489 e. The first-order valence-electron chi connectivity index (χ1n) is 7.95. The average molecular weight is 285 g/mol. The fraction of sp³-hybridized carbons (Fsp3) is 0.632. The molecule has 0 radical (unpaired) electrons. The first-order chi connectivity index (χ1) is 9.81. The van der Waals surface area contributed by atoms with Crippen molar-refractivity contribution in [1.82, 2.24) is 0 Å². The van der Waals surface area contributed by atoms with Crippen LogP contribution >= 0.6 is 0 Å².